The molecule has 0 unspecified atom stereocenters. The van der Waals surface area contributed by atoms with E-state index in [2.05, 4.69) is 48.1 Å². The standard InChI is InChI=1S/C54H63ClN2O4/c1-3-5-7-9-11-13-15-17-19-42-25-33-48(34-26-42)56-40-44-21-29-46(30-22-44)53(58)60-50-37-38-51(55)52(39-50)61-54(59)47-31-23-45(24-32-47)41-57-49-35-27-43(28-36-49)20-18-16-14-12-10-8-6-4-2/h21-41H,3-20H2,1-2H3. The zero-order valence-corrected chi connectivity index (χ0v) is 37.0. The van der Waals surface area contributed by atoms with E-state index in [-0.39, 0.29) is 16.5 Å². The molecule has 0 bridgehead atoms. The van der Waals surface area contributed by atoms with E-state index in [9.17, 15) is 9.59 Å². The normalized spacial score (nSPS) is 11.4. The van der Waals surface area contributed by atoms with Crippen LogP contribution < -0.4 is 9.47 Å². The summed E-state index contributed by atoms with van der Waals surface area (Å²) in [5, 5.41) is 0.211. The van der Waals surface area contributed by atoms with Gasteiger partial charge in [-0.05, 0) is 109 Å². The van der Waals surface area contributed by atoms with Gasteiger partial charge in [-0.25, -0.2) is 9.59 Å². The van der Waals surface area contributed by atoms with Crippen molar-refractivity contribution in [1.82, 2.24) is 0 Å². The van der Waals surface area contributed by atoms with Gasteiger partial charge in [-0.15, -0.1) is 0 Å². The molecule has 0 fully saturated rings. The molecular formula is C54H63ClN2O4. The third kappa shape index (κ3) is 17.3. The van der Waals surface area contributed by atoms with E-state index in [1.165, 1.54) is 126 Å². The van der Waals surface area contributed by atoms with Gasteiger partial charge in [0.05, 0.1) is 27.5 Å². The molecule has 0 aliphatic heterocycles. The van der Waals surface area contributed by atoms with Crippen LogP contribution in [-0.2, 0) is 12.8 Å². The van der Waals surface area contributed by atoms with Crippen molar-refractivity contribution in [3.8, 4) is 11.5 Å². The van der Waals surface area contributed by atoms with Crippen LogP contribution in [0.15, 0.2) is 125 Å². The van der Waals surface area contributed by atoms with Crippen molar-refractivity contribution in [2.45, 2.75) is 129 Å². The predicted octanol–water partition coefficient (Wildman–Crippen LogP) is 15.6. The summed E-state index contributed by atoms with van der Waals surface area (Å²) in [6.07, 6.45) is 26.9. The van der Waals surface area contributed by atoms with E-state index >= 15 is 0 Å². The number of carbonyl (C=O) groups is 2. The number of ether oxygens (including phenoxy) is 2. The summed E-state index contributed by atoms with van der Waals surface area (Å²) in [6.45, 7) is 4.52. The summed E-state index contributed by atoms with van der Waals surface area (Å²) >= 11 is 6.37. The second kappa shape index (κ2) is 26.8. The first-order valence-electron chi connectivity index (χ1n) is 22.6. The Morgan fingerprint density at radius 3 is 1.30 bits per heavy atom. The summed E-state index contributed by atoms with van der Waals surface area (Å²) < 4.78 is 11.2. The van der Waals surface area contributed by atoms with Gasteiger partial charge in [-0.3, -0.25) is 9.98 Å². The number of halogens is 1. The topological polar surface area (TPSA) is 77.3 Å². The number of rotatable bonds is 26. The first-order chi connectivity index (χ1) is 29.9. The quantitative estimate of drug-likeness (QED) is 0.0240. The van der Waals surface area contributed by atoms with Crippen LogP contribution in [0.4, 0.5) is 11.4 Å². The first-order valence-corrected chi connectivity index (χ1v) is 23.0. The fourth-order valence-corrected chi connectivity index (χ4v) is 7.24. The lowest BCUT2D eigenvalue weighted by Gasteiger charge is -2.10. The van der Waals surface area contributed by atoms with Crippen molar-refractivity contribution in [2.75, 3.05) is 0 Å². The summed E-state index contributed by atoms with van der Waals surface area (Å²) in [7, 11) is 0. The SMILES string of the molecule is CCCCCCCCCCc1ccc(N=Cc2ccc(C(=O)Oc3ccc(Cl)c(OC(=O)c4ccc(C=Nc5ccc(CCCCCCCCCC)cc5)cc4)c3)cc2)cc1. The summed E-state index contributed by atoms with van der Waals surface area (Å²) in [4.78, 5) is 35.3. The lowest BCUT2D eigenvalue weighted by molar-refractivity contribution is 0.0733. The molecule has 61 heavy (non-hydrogen) atoms. The van der Waals surface area contributed by atoms with Crippen LogP contribution in [0.25, 0.3) is 0 Å². The van der Waals surface area contributed by atoms with Crippen LogP contribution in [-0.4, -0.2) is 24.4 Å². The summed E-state index contributed by atoms with van der Waals surface area (Å²) in [5.41, 5.74) is 6.85. The molecule has 0 aliphatic carbocycles. The minimum absolute atomic E-state index is 0.0845. The minimum atomic E-state index is -0.590. The Hall–Kier alpha value is -5.33. The van der Waals surface area contributed by atoms with Crippen molar-refractivity contribution in [2.24, 2.45) is 9.98 Å². The summed E-state index contributed by atoms with van der Waals surface area (Å²) in [5.74, 6) is -0.863. The third-order valence-electron chi connectivity index (χ3n) is 10.8. The number of aliphatic imine (C=N–C) groups is 2. The molecule has 0 saturated carbocycles. The Kier molecular flexibility index (Phi) is 20.5. The molecular weight excluding hydrogens is 776 g/mol. The number of benzene rings is 5. The van der Waals surface area contributed by atoms with Gasteiger partial charge in [0.1, 0.15) is 5.75 Å². The Morgan fingerprint density at radius 2 is 0.869 bits per heavy atom. The van der Waals surface area contributed by atoms with Gasteiger partial charge < -0.3 is 9.47 Å². The van der Waals surface area contributed by atoms with Crippen molar-refractivity contribution in [1.29, 1.82) is 0 Å². The number of nitrogens with zero attached hydrogens (tertiary/aromatic N) is 2. The smallest absolute Gasteiger partial charge is 0.343 e. The third-order valence-corrected chi connectivity index (χ3v) is 11.2. The molecule has 5 aromatic carbocycles. The number of carbonyl (C=O) groups excluding carboxylic acids is 2. The Bertz CT molecular complexity index is 2110. The highest BCUT2D eigenvalue weighted by Crippen LogP contribution is 2.30. The molecule has 0 atom stereocenters. The number of esters is 2. The van der Waals surface area contributed by atoms with E-state index < -0.39 is 11.9 Å². The molecule has 5 aromatic rings. The Labute approximate surface area is 369 Å². The highest BCUT2D eigenvalue weighted by atomic mass is 35.5. The monoisotopic (exact) mass is 838 g/mol. The second-order valence-corrected chi connectivity index (χ2v) is 16.3. The van der Waals surface area contributed by atoms with Crippen LogP contribution >= 0.6 is 11.6 Å². The van der Waals surface area contributed by atoms with Gasteiger partial charge in [0.2, 0.25) is 0 Å². The van der Waals surface area contributed by atoms with Crippen molar-refractivity contribution in [3.05, 3.63) is 154 Å². The first kappa shape index (κ1) is 46.7. The molecule has 0 saturated heterocycles. The number of unbranched alkanes of at least 4 members (excludes halogenated alkanes) is 14. The molecule has 0 amide bonds. The van der Waals surface area contributed by atoms with Crippen molar-refractivity contribution >= 4 is 47.3 Å². The number of aryl methyl sites for hydroxylation is 2. The van der Waals surface area contributed by atoms with Crippen molar-refractivity contribution in [3.63, 3.8) is 0 Å². The van der Waals surface area contributed by atoms with Crippen LogP contribution in [0.2, 0.25) is 5.02 Å². The molecule has 0 aliphatic rings. The maximum absolute atomic E-state index is 13.1. The van der Waals surface area contributed by atoms with Crippen molar-refractivity contribution < 1.29 is 19.1 Å². The lowest BCUT2D eigenvalue weighted by atomic mass is 10.0. The Balaban J connectivity index is 1.04. The van der Waals surface area contributed by atoms with Gasteiger partial charge in [-0.1, -0.05) is 164 Å². The molecule has 0 spiro atoms. The molecule has 0 aromatic heterocycles. The lowest BCUT2D eigenvalue weighted by Crippen LogP contribution is -2.10. The van der Waals surface area contributed by atoms with E-state index in [1.54, 1.807) is 42.8 Å². The number of hydrogen-bond donors (Lipinski definition) is 0. The van der Waals surface area contributed by atoms with Gasteiger partial charge in [-0.2, -0.15) is 0 Å². The highest BCUT2D eigenvalue weighted by Gasteiger charge is 2.15. The molecule has 320 valence electrons. The van der Waals surface area contributed by atoms with Crippen LogP contribution in [0, 0.1) is 0 Å². The van der Waals surface area contributed by atoms with E-state index in [4.69, 9.17) is 21.1 Å². The van der Waals surface area contributed by atoms with Crippen LogP contribution in [0.5, 0.6) is 11.5 Å². The average molecular weight is 840 g/mol. The van der Waals surface area contributed by atoms with Crippen LogP contribution in [0.3, 0.4) is 0 Å². The molecule has 0 heterocycles. The molecule has 5 rings (SSSR count). The zero-order valence-electron chi connectivity index (χ0n) is 36.3. The van der Waals surface area contributed by atoms with Gasteiger partial charge in [0, 0.05) is 18.5 Å². The van der Waals surface area contributed by atoms with Gasteiger partial charge in [0.25, 0.3) is 0 Å². The molecule has 7 heteroatoms. The zero-order chi connectivity index (χ0) is 42.9. The Morgan fingerprint density at radius 1 is 0.475 bits per heavy atom. The average Bonchev–Trinajstić information content (AvgIpc) is 3.29. The van der Waals surface area contributed by atoms with Crippen LogP contribution in [0.1, 0.15) is 160 Å². The molecule has 0 radical (unpaired) electrons. The maximum Gasteiger partial charge on any atom is 0.343 e. The fourth-order valence-electron chi connectivity index (χ4n) is 7.08. The highest BCUT2D eigenvalue weighted by molar-refractivity contribution is 6.32. The minimum Gasteiger partial charge on any atom is -0.423 e. The number of hydrogen-bond acceptors (Lipinski definition) is 6. The fraction of sp³-hybridized carbons (Fsp3) is 0.370. The molecule has 0 N–H and O–H groups in total. The molecule has 6 nitrogen and oxygen atoms in total. The largest absolute Gasteiger partial charge is 0.423 e. The second-order valence-electron chi connectivity index (χ2n) is 15.9. The predicted molar refractivity (Wildman–Crippen MR) is 254 cm³/mol. The summed E-state index contributed by atoms with van der Waals surface area (Å²) in [6, 6.07) is 35.3. The van der Waals surface area contributed by atoms with E-state index in [0.29, 0.717) is 11.1 Å². The van der Waals surface area contributed by atoms with E-state index in [0.717, 1.165) is 35.3 Å². The van der Waals surface area contributed by atoms with E-state index in [1.807, 2.05) is 48.5 Å². The maximum atomic E-state index is 13.1. The van der Waals surface area contributed by atoms with Gasteiger partial charge in [0.15, 0.2) is 5.75 Å². The van der Waals surface area contributed by atoms with Gasteiger partial charge >= 0.3 is 11.9 Å².